The molecule has 2 aliphatic rings. The molecule has 3 heteroatoms. The van der Waals surface area contributed by atoms with Gasteiger partial charge in [0.2, 0.25) is 0 Å². The second-order valence-corrected chi connectivity index (χ2v) is 7.65. The average Bonchev–Trinajstić information content (AvgIpc) is 2.74. The molecular formula is C17H34N2S. The molecule has 0 spiro atoms. The molecule has 0 aromatic rings. The molecule has 0 bridgehead atoms. The predicted molar refractivity (Wildman–Crippen MR) is 91.7 cm³/mol. The Balaban J connectivity index is 1.69. The minimum Gasteiger partial charge on any atom is -0.312 e. The summed E-state index contributed by atoms with van der Waals surface area (Å²) in [4.78, 5) is 2.75. The Morgan fingerprint density at radius 2 is 1.90 bits per heavy atom. The van der Waals surface area contributed by atoms with Crippen LogP contribution >= 0.6 is 11.8 Å². The third kappa shape index (κ3) is 5.95. The summed E-state index contributed by atoms with van der Waals surface area (Å²) in [6.07, 6.45) is 15.1. The third-order valence-electron chi connectivity index (χ3n) is 5.05. The van der Waals surface area contributed by atoms with Crippen LogP contribution in [0.5, 0.6) is 0 Å². The van der Waals surface area contributed by atoms with Gasteiger partial charge in [0.25, 0.3) is 0 Å². The lowest BCUT2D eigenvalue weighted by molar-refractivity contribution is 0.204. The van der Waals surface area contributed by atoms with E-state index in [2.05, 4.69) is 16.5 Å². The fourth-order valence-electron chi connectivity index (χ4n) is 3.84. The van der Waals surface area contributed by atoms with Crippen LogP contribution in [-0.2, 0) is 0 Å². The van der Waals surface area contributed by atoms with Crippen molar-refractivity contribution in [2.24, 2.45) is 5.92 Å². The van der Waals surface area contributed by atoms with Crippen LogP contribution in [0.1, 0.15) is 57.8 Å². The number of thioether (sulfide) groups is 1. The van der Waals surface area contributed by atoms with Gasteiger partial charge in [0.1, 0.15) is 0 Å². The molecule has 1 N–H and O–H groups in total. The van der Waals surface area contributed by atoms with E-state index in [1.165, 1.54) is 89.7 Å². The highest BCUT2D eigenvalue weighted by atomic mass is 32.2. The number of nitrogens with zero attached hydrogens (tertiary/aromatic N) is 1. The zero-order valence-corrected chi connectivity index (χ0v) is 14.2. The second-order valence-electron chi connectivity index (χ2n) is 6.67. The van der Waals surface area contributed by atoms with Crippen molar-refractivity contribution in [2.75, 3.05) is 38.2 Å². The van der Waals surface area contributed by atoms with E-state index in [1.807, 2.05) is 11.8 Å². The highest BCUT2D eigenvalue weighted by Crippen LogP contribution is 2.27. The number of rotatable bonds is 7. The average molecular weight is 299 g/mol. The van der Waals surface area contributed by atoms with Gasteiger partial charge in [-0.25, -0.2) is 0 Å². The topological polar surface area (TPSA) is 15.3 Å². The van der Waals surface area contributed by atoms with E-state index in [1.54, 1.807) is 0 Å². The summed E-state index contributed by atoms with van der Waals surface area (Å²) in [5, 5.41) is 3.85. The largest absolute Gasteiger partial charge is 0.312 e. The molecule has 1 aliphatic carbocycles. The van der Waals surface area contributed by atoms with Gasteiger partial charge in [-0.1, -0.05) is 25.7 Å². The van der Waals surface area contributed by atoms with Crippen molar-refractivity contribution in [3.8, 4) is 0 Å². The predicted octanol–water partition coefficient (Wildman–Crippen LogP) is 3.76. The van der Waals surface area contributed by atoms with E-state index >= 15 is 0 Å². The van der Waals surface area contributed by atoms with Crippen molar-refractivity contribution in [1.82, 2.24) is 10.2 Å². The first-order valence-electron chi connectivity index (χ1n) is 8.85. The number of nitrogens with one attached hydrogen (secondary N) is 1. The molecule has 1 saturated carbocycles. The molecule has 118 valence electrons. The van der Waals surface area contributed by atoms with Crippen molar-refractivity contribution in [2.45, 2.75) is 63.8 Å². The zero-order chi connectivity index (χ0) is 14.0. The molecule has 1 heterocycles. The molecule has 2 rings (SSSR count). The van der Waals surface area contributed by atoms with E-state index in [9.17, 15) is 0 Å². The first kappa shape index (κ1) is 16.6. The van der Waals surface area contributed by atoms with Crippen LogP contribution in [0.15, 0.2) is 0 Å². The lowest BCUT2D eigenvalue weighted by Gasteiger charge is -2.33. The van der Waals surface area contributed by atoms with Gasteiger partial charge in [-0.05, 0) is 69.7 Å². The first-order chi connectivity index (χ1) is 9.90. The second kappa shape index (κ2) is 10.1. The van der Waals surface area contributed by atoms with Crippen LogP contribution in [0.2, 0.25) is 0 Å². The Morgan fingerprint density at radius 1 is 1.05 bits per heavy atom. The highest BCUT2D eigenvalue weighted by molar-refractivity contribution is 7.98. The Kier molecular flexibility index (Phi) is 8.38. The zero-order valence-electron chi connectivity index (χ0n) is 13.4. The van der Waals surface area contributed by atoms with Gasteiger partial charge in [0, 0.05) is 12.6 Å². The minimum absolute atomic E-state index is 0.781. The molecule has 1 unspecified atom stereocenters. The third-order valence-corrected chi connectivity index (χ3v) is 5.75. The Hall–Kier alpha value is 0.270. The van der Waals surface area contributed by atoms with Crippen molar-refractivity contribution in [3.63, 3.8) is 0 Å². The Labute approximate surface area is 130 Å². The Bertz CT molecular complexity index is 241. The molecule has 2 fully saturated rings. The summed E-state index contributed by atoms with van der Waals surface area (Å²) in [7, 11) is 0. The summed E-state index contributed by atoms with van der Waals surface area (Å²) >= 11 is 1.99. The quantitative estimate of drug-likeness (QED) is 0.720. The number of unbranched alkanes of at least 4 members (excludes halogenated alkanes) is 2. The lowest BCUT2D eigenvalue weighted by atomic mass is 9.83. The molecule has 0 aromatic carbocycles. The van der Waals surface area contributed by atoms with Gasteiger partial charge in [-0.15, -0.1) is 0 Å². The standard InChI is InChI=1S/C17H34N2S/c1-20-14-7-3-6-12-19-13-8-11-18-17(15-19)16-9-4-2-5-10-16/h16-18H,2-15H2,1H3. The van der Waals surface area contributed by atoms with E-state index in [0.29, 0.717) is 0 Å². The molecule has 1 atom stereocenters. The SMILES string of the molecule is CSCCCCCN1CCCNC(C2CCCCC2)C1. The van der Waals surface area contributed by atoms with Crippen LogP contribution in [0.25, 0.3) is 0 Å². The van der Waals surface area contributed by atoms with Gasteiger partial charge in [0.05, 0.1) is 0 Å². The van der Waals surface area contributed by atoms with Gasteiger partial charge in [-0.2, -0.15) is 11.8 Å². The molecular weight excluding hydrogens is 264 g/mol. The molecule has 0 aromatic heterocycles. The first-order valence-corrected chi connectivity index (χ1v) is 10.2. The van der Waals surface area contributed by atoms with Crippen LogP contribution < -0.4 is 5.32 Å². The summed E-state index contributed by atoms with van der Waals surface area (Å²) in [6.45, 7) is 5.20. The van der Waals surface area contributed by atoms with E-state index in [0.717, 1.165) is 12.0 Å². The maximum absolute atomic E-state index is 3.85. The van der Waals surface area contributed by atoms with E-state index in [-0.39, 0.29) is 0 Å². The molecule has 1 aliphatic heterocycles. The maximum Gasteiger partial charge on any atom is 0.0223 e. The van der Waals surface area contributed by atoms with Crippen molar-refractivity contribution >= 4 is 11.8 Å². The molecule has 2 nitrogen and oxygen atoms in total. The van der Waals surface area contributed by atoms with Crippen molar-refractivity contribution < 1.29 is 0 Å². The monoisotopic (exact) mass is 298 g/mol. The summed E-state index contributed by atoms with van der Waals surface area (Å²) in [6, 6.07) is 0.781. The van der Waals surface area contributed by atoms with E-state index in [4.69, 9.17) is 0 Å². The summed E-state index contributed by atoms with van der Waals surface area (Å²) in [5.41, 5.74) is 0. The lowest BCUT2D eigenvalue weighted by Crippen LogP contribution is -2.43. The van der Waals surface area contributed by atoms with Crippen molar-refractivity contribution in [1.29, 1.82) is 0 Å². The van der Waals surface area contributed by atoms with Crippen LogP contribution in [0.4, 0.5) is 0 Å². The van der Waals surface area contributed by atoms with Gasteiger partial charge >= 0.3 is 0 Å². The summed E-state index contributed by atoms with van der Waals surface area (Å²) < 4.78 is 0. The Morgan fingerprint density at radius 3 is 2.70 bits per heavy atom. The van der Waals surface area contributed by atoms with Crippen LogP contribution in [-0.4, -0.2) is 49.1 Å². The van der Waals surface area contributed by atoms with Gasteiger partial charge in [0.15, 0.2) is 0 Å². The fraction of sp³-hybridized carbons (Fsp3) is 1.00. The highest BCUT2D eigenvalue weighted by Gasteiger charge is 2.26. The van der Waals surface area contributed by atoms with Crippen LogP contribution in [0.3, 0.4) is 0 Å². The van der Waals surface area contributed by atoms with Crippen LogP contribution in [0, 0.1) is 5.92 Å². The smallest absolute Gasteiger partial charge is 0.0223 e. The maximum atomic E-state index is 3.85. The minimum atomic E-state index is 0.781. The van der Waals surface area contributed by atoms with Gasteiger partial charge in [-0.3, -0.25) is 0 Å². The van der Waals surface area contributed by atoms with E-state index < -0.39 is 0 Å². The number of hydrogen-bond donors (Lipinski definition) is 1. The number of hydrogen-bond acceptors (Lipinski definition) is 3. The molecule has 1 saturated heterocycles. The molecule has 0 radical (unpaired) electrons. The van der Waals surface area contributed by atoms with Crippen molar-refractivity contribution in [3.05, 3.63) is 0 Å². The molecule has 0 amide bonds. The normalized spacial score (nSPS) is 26.6. The summed E-state index contributed by atoms with van der Waals surface area (Å²) in [5.74, 6) is 2.30. The molecule has 20 heavy (non-hydrogen) atoms. The van der Waals surface area contributed by atoms with Gasteiger partial charge < -0.3 is 10.2 Å². The fourth-order valence-corrected chi connectivity index (χ4v) is 4.33.